The van der Waals surface area contributed by atoms with Crippen molar-refractivity contribution in [2.24, 2.45) is 0 Å². The highest BCUT2D eigenvalue weighted by Gasteiger charge is 2.32. The van der Waals surface area contributed by atoms with Crippen molar-refractivity contribution in [2.75, 3.05) is 31.1 Å². The van der Waals surface area contributed by atoms with Gasteiger partial charge in [-0.3, -0.25) is 4.79 Å². The highest BCUT2D eigenvalue weighted by atomic mass is 32.2. The van der Waals surface area contributed by atoms with Gasteiger partial charge in [-0.05, 0) is 44.7 Å². The van der Waals surface area contributed by atoms with E-state index in [9.17, 15) is 22.0 Å². The molecule has 7 nitrogen and oxygen atoms in total. The molecule has 0 amide bonds. The number of anilines is 1. The van der Waals surface area contributed by atoms with Gasteiger partial charge < -0.3 is 4.90 Å². The third kappa shape index (κ3) is 4.30. The molecule has 1 aliphatic heterocycles. The molecule has 1 saturated carbocycles. The normalized spacial score (nSPS) is 18.6. The zero-order chi connectivity index (χ0) is 23.0. The molecule has 2 aliphatic rings. The first-order valence-electron chi connectivity index (χ1n) is 11.0. The Bertz CT molecular complexity index is 1130. The Morgan fingerprint density at radius 3 is 2.16 bits per heavy atom. The lowest BCUT2D eigenvalue weighted by molar-refractivity contribution is 0.380. The van der Waals surface area contributed by atoms with Gasteiger partial charge in [-0.1, -0.05) is 12.8 Å². The number of halogens is 2. The number of hydrogen-bond donors (Lipinski definition) is 0. The molecule has 2 heterocycles. The Kier molecular flexibility index (Phi) is 6.35. The number of nitrogens with zero attached hydrogens (tertiary/aromatic N) is 4. The van der Waals surface area contributed by atoms with Crippen molar-refractivity contribution in [3.05, 3.63) is 51.9 Å². The summed E-state index contributed by atoms with van der Waals surface area (Å²) >= 11 is 0. The van der Waals surface area contributed by atoms with Crippen molar-refractivity contribution in [1.29, 1.82) is 0 Å². The molecule has 0 unspecified atom stereocenters. The van der Waals surface area contributed by atoms with Crippen LogP contribution in [0.15, 0.2) is 29.2 Å². The monoisotopic (exact) mass is 466 g/mol. The summed E-state index contributed by atoms with van der Waals surface area (Å²) in [5.41, 5.74) is 0.960. The van der Waals surface area contributed by atoms with Crippen LogP contribution in [-0.2, 0) is 10.0 Å². The Morgan fingerprint density at radius 2 is 1.59 bits per heavy atom. The zero-order valence-electron chi connectivity index (χ0n) is 18.3. The molecule has 4 rings (SSSR count). The lowest BCUT2D eigenvalue weighted by Crippen LogP contribution is -2.51. The fourth-order valence-electron chi connectivity index (χ4n) is 4.64. The maximum absolute atomic E-state index is 13.8. The molecule has 0 bridgehead atoms. The van der Waals surface area contributed by atoms with E-state index in [4.69, 9.17) is 0 Å². The molecule has 1 saturated heterocycles. The quantitative estimate of drug-likeness (QED) is 0.677. The molecule has 2 fully saturated rings. The molecule has 0 spiro atoms. The molecule has 1 aromatic carbocycles. The van der Waals surface area contributed by atoms with Crippen LogP contribution in [0.1, 0.15) is 51.0 Å². The molecule has 10 heteroatoms. The number of rotatable bonds is 5. The van der Waals surface area contributed by atoms with Crippen molar-refractivity contribution in [3.63, 3.8) is 0 Å². The van der Waals surface area contributed by atoms with Crippen LogP contribution in [0.4, 0.5) is 14.5 Å². The maximum Gasteiger partial charge on any atom is 0.277 e. The van der Waals surface area contributed by atoms with Gasteiger partial charge in [0.15, 0.2) is 0 Å². The van der Waals surface area contributed by atoms with E-state index in [1.165, 1.54) is 4.31 Å². The highest BCUT2D eigenvalue weighted by molar-refractivity contribution is 7.89. The third-order valence-electron chi connectivity index (χ3n) is 6.38. The van der Waals surface area contributed by atoms with E-state index in [1.807, 2.05) is 4.90 Å². The van der Waals surface area contributed by atoms with Gasteiger partial charge in [0, 0.05) is 37.8 Å². The molecule has 0 atom stereocenters. The predicted octanol–water partition coefficient (Wildman–Crippen LogP) is 3.03. The van der Waals surface area contributed by atoms with Crippen LogP contribution in [0.5, 0.6) is 0 Å². The number of benzene rings is 1. The van der Waals surface area contributed by atoms with E-state index in [2.05, 4.69) is 5.10 Å². The molecule has 0 radical (unpaired) electrons. The minimum atomic E-state index is -3.34. The van der Waals surface area contributed by atoms with Crippen molar-refractivity contribution >= 4 is 15.7 Å². The van der Waals surface area contributed by atoms with Crippen LogP contribution in [0.25, 0.3) is 5.69 Å². The van der Waals surface area contributed by atoms with Gasteiger partial charge in [0.1, 0.15) is 11.6 Å². The summed E-state index contributed by atoms with van der Waals surface area (Å²) in [5.74, 6) is -1.51. The van der Waals surface area contributed by atoms with Crippen molar-refractivity contribution in [3.8, 4) is 5.69 Å². The van der Waals surface area contributed by atoms with Gasteiger partial charge in [0.25, 0.3) is 5.56 Å². The van der Waals surface area contributed by atoms with E-state index in [0.717, 1.165) is 48.6 Å². The fraction of sp³-hybridized carbons (Fsp3) is 0.545. The number of sulfonamides is 1. The maximum atomic E-state index is 13.8. The average molecular weight is 467 g/mol. The summed E-state index contributed by atoms with van der Waals surface area (Å²) in [5, 5.41) is 3.75. The van der Waals surface area contributed by atoms with E-state index in [0.29, 0.717) is 37.4 Å². The second-order valence-electron chi connectivity index (χ2n) is 8.75. The van der Waals surface area contributed by atoms with Crippen LogP contribution in [0.3, 0.4) is 0 Å². The SMILES string of the molecule is CC(C)S(=O)(=O)N1CCN(c2cnn(-c3cc(F)cc(F)c3)c(=O)c2C2CCCC2)CC1. The smallest absolute Gasteiger partial charge is 0.277 e. The lowest BCUT2D eigenvalue weighted by atomic mass is 9.97. The Hall–Kier alpha value is -2.33. The first kappa shape index (κ1) is 22.8. The number of piperazine rings is 1. The van der Waals surface area contributed by atoms with Crippen LogP contribution in [0, 0.1) is 11.6 Å². The zero-order valence-corrected chi connectivity index (χ0v) is 19.1. The molecule has 2 aromatic rings. The molecule has 1 aliphatic carbocycles. The summed E-state index contributed by atoms with van der Waals surface area (Å²) in [6, 6.07) is 2.93. The summed E-state index contributed by atoms with van der Waals surface area (Å²) in [4.78, 5) is 15.5. The van der Waals surface area contributed by atoms with Crippen molar-refractivity contribution < 1.29 is 17.2 Å². The van der Waals surface area contributed by atoms with E-state index in [-0.39, 0.29) is 17.2 Å². The molecular weight excluding hydrogens is 438 g/mol. The average Bonchev–Trinajstić information content (AvgIpc) is 3.27. The molecule has 0 N–H and O–H groups in total. The van der Waals surface area contributed by atoms with Gasteiger partial charge in [-0.2, -0.15) is 14.1 Å². The van der Waals surface area contributed by atoms with Crippen LogP contribution in [-0.4, -0.2) is 53.9 Å². The van der Waals surface area contributed by atoms with Crippen LogP contribution >= 0.6 is 0 Å². The van der Waals surface area contributed by atoms with Crippen LogP contribution in [0.2, 0.25) is 0 Å². The Balaban J connectivity index is 1.70. The van der Waals surface area contributed by atoms with Gasteiger partial charge in [-0.15, -0.1) is 0 Å². The van der Waals surface area contributed by atoms with E-state index in [1.54, 1.807) is 20.0 Å². The largest absolute Gasteiger partial charge is 0.367 e. The predicted molar refractivity (Wildman–Crippen MR) is 119 cm³/mol. The fourth-order valence-corrected chi connectivity index (χ4v) is 5.90. The van der Waals surface area contributed by atoms with E-state index >= 15 is 0 Å². The molecule has 32 heavy (non-hydrogen) atoms. The standard InChI is InChI=1S/C22H28F2N4O3S/c1-15(2)32(30,31)27-9-7-26(8-10-27)20-14-25-28(19-12-17(23)11-18(24)13-19)22(29)21(20)16-5-3-4-6-16/h11-16H,3-10H2,1-2H3. The van der Waals surface area contributed by atoms with Crippen LogP contribution < -0.4 is 10.5 Å². The van der Waals surface area contributed by atoms with E-state index < -0.39 is 26.9 Å². The number of hydrogen-bond acceptors (Lipinski definition) is 5. The minimum absolute atomic E-state index is 0.0441. The molecule has 174 valence electrons. The molecule has 1 aromatic heterocycles. The molecular formula is C22H28F2N4O3S. The Morgan fingerprint density at radius 1 is 1.00 bits per heavy atom. The first-order valence-corrected chi connectivity index (χ1v) is 12.5. The van der Waals surface area contributed by atoms with Crippen molar-refractivity contribution in [1.82, 2.24) is 14.1 Å². The summed E-state index contributed by atoms with van der Waals surface area (Å²) in [6.45, 7) is 4.90. The van der Waals surface area contributed by atoms with Gasteiger partial charge in [0.2, 0.25) is 10.0 Å². The second kappa shape index (κ2) is 8.90. The highest BCUT2D eigenvalue weighted by Crippen LogP contribution is 2.37. The minimum Gasteiger partial charge on any atom is -0.367 e. The van der Waals surface area contributed by atoms with Crippen molar-refractivity contribution in [2.45, 2.75) is 50.7 Å². The van der Waals surface area contributed by atoms with Gasteiger partial charge in [-0.25, -0.2) is 17.2 Å². The topological polar surface area (TPSA) is 75.5 Å². The Labute approximate surface area is 186 Å². The summed E-state index contributed by atoms with van der Waals surface area (Å²) in [7, 11) is -3.34. The van der Waals surface area contributed by atoms with Gasteiger partial charge in [0.05, 0.1) is 22.8 Å². The van der Waals surface area contributed by atoms with Gasteiger partial charge >= 0.3 is 0 Å². The second-order valence-corrected chi connectivity index (χ2v) is 11.2. The summed E-state index contributed by atoms with van der Waals surface area (Å²) in [6.07, 6.45) is 5.34. The first-order chi connectivity index (χ1) is 15.2. The number of aromatic nitrogens is 2. The third-order valence-corrected chi connectivity index (χ3v) is 8.66. The lowest BCUT2D eigenvalue weighted by Gasteiger charge is -2.37. The summed E-state index contributed by atoms with van der Waals surface area (Å²) < 4.78 is 55.1.